The van der Waals surface area contributed by atoms with Gasteiger partial charge in [-0.15, -0.1) is 0 Å². The van der Waals surface area contributed by atoms with Gasteiger partial charge in [-0.25, -0.2) is 9.59 Å². The van der Waals surface area contributed by atoms with Gasteiger partial charge in [0.1, 0.15) is 6.10 Å². The smallest absolute Gasteiger partial charge is 0.351 e. The molecule has 0 aromatic rings. The summed E-state index contributed by atoms with van der Waals surface area (Å²) in [7, 11) is 0. The van der Waals surface area contributed by atoms with Crippen LogP contribution in [0, 0.1) is 5.41 Å². The van der Waals surface area contributed by atoms with E-state index in [0.29, 0.717) is 0 Å². The van der Waals surface area contributed by atoms with Gasteiger partial charge in [-0.05, 0) is 20.8 Å². The molecule has 2 atom stereocenters. The molecule has 90 valence electrons. The Morgan fingerprint density at radius 3 is 2.25 bits per heavy atom. The second-order valence-corrected chi connectivity index (χ2v) is 4.97. The summed E-state index contributed by atoms with van der Waals surface area (Å²) >= 11 is 0. The van der Waals surface area contributed by atoms with Crippen molar-refractivity contribution in [2.45, 2.75) is 46.3 Å². The van der Waals surface area contributed by atoms with Crippen molar-refractivity contribution in [2.24, 2.45) is 5.41 Å². The summed E-state index contributed by atoms with van der Waals surface area (Å²) in [4.78, 5) is 23.3. The summed E-state index contributed by atoms with van der Waals surface area (Å²) < 4.78 is 10.4. The number of hydrogen-bond donors (Lipinski definition) is 0. The summed E-state index contributed by atoms with van der Waals surface area (Å²) in [5, 5.41) is 0. The van der Waals surface area contributed by atoms with Gasteiger partial charge in [0.2, 0.25) is 5.60 Å². The standard InChI is InChI=1S/C12H18O4/c1-7(2)9(13)16-12(6)10(14)15-8(3)11(12,4)5/h8H,1H2,2-6H3. The molecule has 1 aliphatic heterocycles. The quantitative estimate of drug-likeness (QED) is 0.532. The van der Waals surface area contributed by atoms with Gasteiger partial charge in [0.05, 0.1) is 5.41 Å². The first kappa shape index (κ1) is 12.7. The second kappa shape index (κ2) is 3.61. The molecule has 2 unspecified atom stereocenters. The van der Waals surface area contributed by atoms with Gasteiger partial charge in [-0.1, -0.05) is 20.4 Å². The molecule has 0 aromatic carbocycles. The number of ether oxygens (including phenoxy) is 2. The molecule has 0 saturated carbocycles. The highest BCUT2D eigenvalue weighted by molar-refractivity contribution is 5.92. The molecular formula is C12H18O4. The maximum atomic E-state index is 11.8. The number of cyclic esters (lactones) is 1. The Bertz CT molecular complexity index is 356. The number of carbonyl (C=O) groups excluding carboxylic acids is 2. The SMILES string of the molecule is C=C(C)C(=O)OC1(C)C(=O)OC(C)C1(C)C. The van der Waals surface area contributed by atoms with E-state index in [0.717, 1.165) is 0 Å². The van der Waals surface area contributed by atoms with E-state index in [4.69, 9.17) is 9.47 Å². The monoisotopic (exact) mass is 226 g/mol. The Labute approximate surface area is 95.6 Å². The average Bonchev–Trinajstić information content (AvgIpc) is 2.28. The highest BCUT2D eigenvalue weighted by Crippen LogP contribution is 2.45. The molecule has 4 heteroatoms. The zero-order valence-corrected chi connectivity index (χ0v) is 10.4. The first-order valence-corrected chi connectivity index (χ1v) is 5.23. The van der Waals surface area contributed by atoms with Crippen LogP contribution in [0.25, 0.3) is 0 Å². The van der Waals surface area contributed by atoms with Crippen LogP contribution in [0.3, 0.4) is 0 Å². The lowest BCUT2D eigenvalue weighted by Crippen LogP contribution is -2.49. The van der Waals surface area contributed by atoms with Gasteiger partial charge in [0, 0.05) is 5.57 Å². The molecule has 0 amide bonds. The van der Waals surface area contributed by atoms with E-state index in [-0.39, 0.29) is 11.7 Å². The van der Waals surface area contributed by atoms with Crippen LogP contribution < -0.4 is 0 Å². The highest BCUT2D eigenvalue weighted by Gasteiger charge is 2.61. The lowest BCUT2D eigenvalue weighted by atomic mass is 9.74. The minimum absolute atomic E-state index is 0.268. The van der Waals surface area contributed by atoms with Gasteiger partial charge in [0.25, 0.3) is 0 Å². The molecule has 16 heavy (non-hydrogen) atoms. The first-order valence-electron chi connectivity index (χ1n) is 5.23. The minimum Gasteiger partial charge on any atom is -0.459 e. The molecule has 4 nitrogen and oxygen atoms in total. The third kappa shape index (κ3) is 1.62. The summed E-state index contributed by atoms with van der Waals surface area (Å²) in [5.41, 5.74) is -1.54. The Morgan fingerprint density at radius 1 is 1.44 bits per heavy atom. The maximum absolute atomic E-state index is 11.8. The summed E-state index contributed by atoms with van der Waals surface area (Å²) in [6.07, 6.45) is -0.289. The number of rotatable bonds is 2. The van der Waals surface area contributed by atoms with Gasteiger partial charge in [-0.3, -0.25) is 0 Å². The van der Waals surface area contributed by atoms with Crippen LogP contribution in [0.1, 0.15) is 34.6 Å². The van der Waals surface area contributed by atoms with Crippen molar-refractivity contribution < 1.29 is 19.1 Å². The largest absolute Gasteiger partial charge is 0.459 e. The topological polar surface area (TPSA) is 52.6 Å². The van der Waals surface area contributed by atoms with Gasteiger partial charge in [-0.2, -0.15) is 0 Å². The molecule has 0 aliphatic carbocycles. The van der Waals surface area contributed by atoms with E-state index < -0.39 is 23.0 Å². The fraction of sp³-hybridized carbons (Fsp3) is 0.667. The maximum Gasteiger partial charge on any atom is 0.351 e. The Morgan fingerprint density at radius 2 is 1.94 bits per heavy atom. The van der Waals surface area contributed by atoms with Gasteiger partial charge >= 0.3 is 11.9 Å². The summed E-state index contributed by atoms with van der Waals surface area (Å²) in [6.45, 7) is 12.1. The second-order valence-electron chi connectivity index (χ2n) is 4.97. The summed E-state index contributed by atoms with van der Waals surface area (Å²) in [6, 6.07) is 0. The van der Waals surface area contributed by atoms with Crippen LogP contribution >= 0.6 is 0 Å². The first-order chi connectivity index (χ1) is 7.13. The van der Waals surface area contributed by atoms with E-state index in [9.17, 15) is 9.59 Å². The van der Waals surface area contributed by atoms with E-state index in [1.54, 1.807) is 20.8 Å². The van der Waals surface area contributed by atoms with Crippen molar-refractivity contribution in [3.8, 4) is 0 Å². The molecule has 0 aromatic heterocycles. The van der Waals surface area contributed by atoms with Crippen LogP contribution in [0.2, 0.25) is 0 Å². The van der Waals surface area contributed by atoms with Crippen molar-refractivity contribution in [3.05, 3.63) is 12.2 Å². The fourth-order valence-corrected chi connectivity index (χ4v) is 1.52. The zero-order chi connectivity index (χ0) is 12.7. The van der Waals surface area contributed by atoms with E-state index in [1.807, 2.05) is 13.8 Å². The normalized spacial score (nSPS) is 32.1. The Hall–Kier alpha value is -1.32. The number of esters is 2. The van der Waals surface area contributed by atoms with Gasteiger partial charge < -0.3 is 9.47 Å². The predicted molar refractivity (Wildman–Crippen MR) is 58.6 cm³/mol. The molecule has 1 aliphatic rings. The van der Waals surface area contributed by atoms with Crippen LogP contribution in [-0.4, -0.2) is 23.6 Å². The van der Waals surface area contributed by atoms with E-state index in [2.05, 4.69) is 6.58 Å². The lowest BCUT2D eigenvalue weighted by molar-refractivity contribution is -0.174. The molecule has 0 radical (unpaired) electrons. The van der Waals surface area contributed by atoms with Crippen molar-refractivity contribution in [1.82, 2.24) is 0 Å². The molecule has 1 rings (SSSR count). The number of carbonyl (C=O) groups is 2. The van der Waals surface area contributed by atoms with Crippen molar-refractivity contribution in [3.63, 3.8) is 0 Å². The molecule has 0 bridgehead atoms. The number of hydrogen-bond acceptors (Lipinski definition) is 4. The fourth-order valence-electron chi connectivity index (χ4n) is 1.52. The Kier molecular flexibility index (Phi) is 2.88. The predicted octanol–water partition coefficient (Wildman–Crippen LogP) is 1.84. The van der Waals surface area contributed by atoms with Crippen molar-refractivity contribution >= 4 is 11.9 Å². The van der Waals surface area contributed by atoms with Crippen LogP contribution in [0.5, 0.6) is 0 Å². The molecule has 0 spiro atoms. The Balaban J connectivity index is 3.03. The summed E-state index contributed by atoms with van der Waals surface area (Å²) in [5.74, 6) is -1.07. The minimum atomic E-state index is -1.25. The molecule has 1 fully saturated rings. The van der Waals surface area contributed by atoms with Crippen molar-refractivity contribution in [2.75, 3.05) is 0 Å². The van der Waals surface area contributed by atoms with E-state index >= 15 is 0 Å². The molecular weight excluding hydrogens is 208 g/mol. The lowest BCUT2D eigenvalue weighted by Gasteiger charge is -2.34. The third-order valence-electron chi connectivity index (χ3n) is 3.56. The average molecular weight is 226 g/mol. The zero-order valence-electron chi connectivity index (χ0n) is 10.4. The highest BCUT2D eigenvalue weighted by atomic mass is 16.6. The van der Waals surface area contributed by atoms with Crippen LogP contribution in [-0.2, 0) is 19.1 Å². The van der Waals surface area contributed by atoms with Crippen LogP contribution in [0.15, 0.2) is 12.2 Å². The molecule has 1 saturated heterocycles. The van der Waals surface area contributed by atoms with Crippen LogP contribution in [0.4, 0.5) is 0 Å². The molecule has 1 heterocycles. The van der Waals surface area contributed by atoms with Gasteiger partial charge in [0.15, 0.2) is 0 Å². The third-order valence-corrected chi connectivity index (χ3v) is 3.56. The van der Waals surface area contributed by atoms with E-state index in [1.165, 1.54) is 0 Å². The molecule has 0 N–H and O–H groups in total. The van der Waals surface area contributed by atoms with Crippen molar-refractivity contribution in [1.29, 1.82) is 0 Å².